The van der Waals surface area contributed by atoms with E-state index in [9.17, 15) is 10.1 Å². The molecule has 2 rings (SSSR count). The molecule has 0 saturated heterocycles. The zero-order valence-corrected chi connectivity index (χ0v) is 11.3. The number of hydrazone groups is 1. The molecule has 0 amide bonds. The van der Waals surface area contributed by atoms with E-state index in [0.29, 0.717) is 25.4 Å². The predicted octanol–water partition coefficient (Wildman–Crippen LogP) is 0.984. The first-order valence-electron chi connectivity index (χ1n) is 6.19. The molecule has 1 aromatic carbocycles. The number of benzene rings is 1. The van der Waals surface area contributed by atoms with E-state index in [2.05, 4.69) is 10.5 Å². The maximum atomic E-state index is 11.1. The van der Waals surface area contributed by atoms with Crippen molar-refractivity contribution in [3.63, 3.8) is 0 Å². The molecule has 22 heavy (non-hydrogen) atoms. The van der Waals surface area contributed by atoms with Crippen LogP contribution < -0.4 is 20.6 Å². The summed E-state index contributed by atoms with van der Waals surface area (Å²) in [6.45, 7) is 0.822. The highest BCUT2D eigenvalue weighted by atomic mass is 16.6. The van der Waals surface area contributed by atoms with E-state index in [0.717, 1.165) is 0 Å². The number of nitrogens with one attached hydrogen (secondary N) is 2. The molecule has 1 aromatic rings. The van der Waals surface area contributed by atoms with Crippen molar-refractivity contribution in [3.05, 3.63) is 22.2 Å². The highest BCUT2D eigenvalue weighted by Crippen LogP contribution is 2.39. The summed E-state index contributed by atoms with van der Waals surface area (Å²) < 4.78 is 10.8. The van der Waals surface area contributed by atoms with E-state index < -0.39 is 10.8 Å². The Kier molecular flexibility index (Phi) is 4.38. The summed E-state index contributed by atoms with van der Waals surface area (Å²) in [6.07, 6.45) is 0.659. The Balaban J connectivity index is 2.41. The zero-order valence-electron chi connectivity index (χ0n) is 11.3. The lowest BCUT2D eigenvalue weighted by molar-refractivity contribution is -0.384. The number of anilines is 1. The third-order valence-electron chi connectivity index (χ3n) is 2.71. The van der Waals surface area contributed by atoms with Gasteiger partial charge in [-0.3, -0.25) is 20.9 Å². The smallest absolute Gasteiger partial charge is 0.298 e. The Morgan fingerprint density at radius 2 is 2.09 bits per heavy atom. The van der Waals surface area contributed by atoms with Gasteiger partial charge in [0.15, 0.2) is 17.3 Å². The van der Waals surface area contributed by atoms with Gasteiger partial charge in [-0.2, -0.15) is 10.4 Å². The van der Waals surface area contributed by atoms with Gasteiger partial charge in [0, 0.05) is 12.5 Å². The Morgan fingerprint density at radius 3 is 2.64 bits per heavy atom. The first-order valence-corrected chi connectivity index (χ1v) is 6.19. The normalized spacial score (nSPS) is 13.7. The second-order valence-electron chi connectivity index (χ2n) is 4.22. The van der Waals surface area contributed by atoms with Crippen LogP contribution in [0.3, 0.4) is 0 Å². The maximum Gasteiger partial charge on any atom is 0.298 e. The van der Waals surface area contributed by atoms with Crippen molar-refractivity contribution in [2.45, 2.75) is 6.42 Å². The van der Waals surface area contributed by atoms with Crippen LogP contribution in [-0.4, -0.2) is 29.7 Å². The fourth-order valence-corrected chi connectivity index (χ4v) is 1.70. The van der Waals surface area contributed by atoms with E-state index in [1.165, 1.54) is 12.1 Å². The van der Waals surface area contributed by atoms with Crippen molar-refractivity contribution in [3.8, 4) is 17.6 Å². The summed E-state index contributed by atoms with van der Waals surface area (Å²) in [6, 6.07) is 4.18. The topological polar surface area (TPSA) is 160 Å². The molecular formula is C12H12N6O4. The van der Waals surface area contributed by atoms with Gasteiger partial charge in [-0.25, -0.2) is 0 Å². The van der Waals surface area contributed by atoms with Gasteiger partial charge >= 0.3 is 0 Å². The summed E-state index contributed by atoms with van der Waals surface area (Å²) in [5, 5.41) is 30.6. The first kappa shape index (κ1) is 15.0. The monoisotopic (exact) mass is 304 g/mol. The highest BCUT2D eigenvalue weighted by Gasteiger charge is 2.21. The Labute approximate surface area is 124 Å². The lowest BCUT2D eigenvalue weighted by atomic mass is 10.2. The van der Waals surface area contributed by atoms with Gasteiger partial charge in [0.2, 0.25) is 5.71 Å². The average Bonchev–Trinajstić information content (AvgIpc) is 2.71. The molecule has 1 aliphatic heterocycles. The number of nitrogens with two attached hydrogens (primary N) is 1. The van der Waals surface area contributed by atoms with Crippen LogP contribution in [0.5, 0.6) is 11.5 Å². The summed E-state index contributed by atoms with van der Waals surface area (Å²) in [5.41, 5.74) is 6.84. The average molecular weight is 304 g/mol. The molecule has 1 heterocycles. The molecule has 0 radical (unpaired) electrons. The Morgan fingerprint density at radius 1 is 1.45 bits per heavy atom. The zero-order chi connectivity index (χ0) is 16.1. The molecule has 0 unspecified atom stereocenters. The van der Waals surface area contributed by atoms with E-state index in [1.54, 1.807) is 6.07 Å². The number of nitro benzene ring substituents is 1. The van der Waals surface area contributed by atoms with Gasteiger partial charge in [-0.05, 0) is 0 Å². The van der Waals surface area contributed by atoms with E-state index in [1.807, 2.05) is 0 Å². The summed E-state index contributed by atoms with van der Waals surface area (Å²) in [4.78, 5) is 10.5. The maximum absolute atomic E-state index is 11.1. The molecule has 0 spiro atoms. The minimum atomic E-state index is -0.619. The molecule has 10 heteroatoms. The number of nitrogens with zero attached hydrogens (tertiary/aromatic N) is 3. The fourth-order valence-electron chi connectivity index (χ4n) is 1.70. The van der Waals surface area contributed by atoms with Gasteiger partial charge in [-0.1, -0.05) is 0 Å². The van der Waals surface area contributed by atoms with Gasteiger partial charge < -0.3 is 15.2 Å². The van der Waals surface area contributed by atoms with Gasteiger partial charge in [0.1, 0.15) is 11.8 Å². The molecule has 114 valence electrons. The number of hydrogen-bond acceptors (Lipinski definition) is 8. The van der Waals surface area contributed by atoms with Crippen LogP contribution in [-0.2, 0) is 0 Å². The number of fused-ring (bicyclic) bond motifs is 1. The summed E-state index contributed by atoms with van der Waals surface area (Å²) >= 11 is 0. The van der Waals surface area contributed by atoms with Crippen LogP contribution in [0.4, 0.5) is 11.4 Å². The van der Waals surface area contributed by atoms with Crippen LogP contribution in [0.2, 0.25) is 0 Å². The van der Waals surface area contributed by atoms with Crippen molar-refractivity contribution in [2.24, 2.45) is 10.8 Å². The lowest BCUT2D eigenvalue weighted by Gasteiger charge is -2.10. The molecule has 0 aliphatic carbocycles. The third-order valence-corrected chi connectivity index (χ3v) is 2.71. The van der Waals surface area contributed by atoms with Crippen molar-refractivity contribution < 1.29 is 14.4 Å². The number of nitriles is 1. The molecule has 0 aromatic heterocycles. The summed E-state index contributed by atoms with van der Waals surface area (Å²) in [5.74, 6) is 0.0555. The molecule has 10 nitrogen and oxygen atoms in total. The quantitative estimate of drug-likeness (QED) is 0.323. The SMILES string of the molecule is N#C/C(=N\Nc1cc2c(cc1[N+](=O)[O-])OCCCO2)C(=N)N. The van der Waals surface area contributed by atoms with Crippen LogP contribution in [0.15, 0.2) is 17.2 Å². The van der Waals surface area contributed by atoms with Crippen LogP contribution in [0.1, 0.15) is 6.42 Å². The second kappa shape index (κ2) is 6.40. The van der Waals surface area contributed by atoms with Crippen LogP contribution in [0.25, 0.3) is 0 Å². The number of hydrogen-bond donors (Lipinski definition) is 3. The number of ether oxygens (including phenoxy) is 2. The standard InChI is InChI=1S/C12H12N6O4/c13-6-8(12(14)15)17-16-7-4-10-11(5-9(7)18(19)20)22-3-1-2-21-10/h4-5,16H,1-3H2,(H3,14,15)/b17-8+. The van der Waals surface area contributed by atoms with Crippen molar-refractivity contribution in [2.75, 3.05) is 18.6 Å². The van der Waals surface area contributed by atoms with Gasteiger partial charge in [-0.15, -0.1) is 0 Å². The molecule has 1 aliphatic rings. The van der Waals surface area contributed by atoms with Crippen LogP contribution >= 0.6 is 0 Å². The Hall–Kier alpha value is -3.35. The third kappa shape index (κ3) is 3.21. The van der Waals surface area contributed by atoms with Crippen molar-refractivity contribution >= 4 is 22.9 Å². The summed E-state index contributed by atoms with van der Waals surface area (Å²) in [7, 11) is 0. The number of nitro groups is 1. The van der Waals surface area contributed by atoms with E-state index in [4.69, 9.17) is 25.9 Å². The highest BCUT2D eigenvalue weighted by molar-refractivity contribution is 6.45. The van der Waals surface area contributed by atoms with Crippen molar-refractivity contribution in [1.82, 2.24) is 0 Å². The largest absolute Gasteiger partial charge is 0.489 e. The van der Waals surface area contributed by atoms with E-state index >= 15 is 0 Å². The van der Waals surface area contributed by atoms with Gasteiger partial charge in [0.25, 0.3) is 5.69 Å². The number of amidine groups is 1. The molecular weight excluding hydrogens is 292 g/mol. The molecule has 0 atom stereocenters. The molecule has 0 bridgehead atoms. The molecule has 0 saturated carbocycles. The Bertz CT molecular complexity index is 694. The first-order chi connectivity index (χ1) is 10.5. The minimum absolute atomic E-state index is 0.00301. The number of rotatable bonds is 4. The van der Waals surface area contributed by atoms with E-state index in [-0.39, 0.29) is 22.8 Å². The molecule has 0 fully saturated rings. The lowest BCUT2D eigenvalue weighted by Crippen LogP contribution is -2.22. The fraction of sp³-hybridized carbons (Fsp3) is 0.250. The molecule has 4 N–H and O–H groups in total. The minimum Gasteiger partial charge on any atom is -0.489 e. The van der Waals surface area contributed by atoms with Crippen LogP contribution in [0, 0.1) is 26.9 Å². The van der Waals surface area contributed by atoms with Crippen molar-refractivity contribution in [1.29, 1.82) is 10.7 Å². The second-order valence-corrected chi connectivity index (χ2v) is 4.22. The predicted molar refractivity (Wildman–Crippen MR) is 77.3 cm³/mol. The van der Waals surface area contributed by atoms with Gasteiger partial charge in [0.05, 0.1) is 24.2 Å².